The Bertz CT molecular complexity index is 934. The number of aryl methyl sites for hydroxylation is 1. The van der Waals surface area contributed by atoms with E-state index >= 15 is 0 Å². The Labute approximate surface area is 181 Å². The van der Waals surface area contributed by atoms with Crippen molar-refractivity contribution in [1.29, 1.82) is 0 Å². The maximum absolute atomic E-state index is 12.0. The van der Waals surface area contributed by atoms with E-state index in [9.17, 15) is 4.79 Å². The summed E-state index contributed by atoms with van der Waals surface area (Å²) < 4.78 is 19.1. The van der Waals surface area contributed by atoms with E-state index in [0.717, 1.165) is 0 Å². The molecule has 0 spiro atoms. The summed E-state index contributed by atoms with van der Waals surface area (Å²) in [6.45, 7) is 13.7. The molecule has 0 bridgehead atoms. The molecule has 0 unspecified atom stereocenters. The molecule has 2 aromatic rings. The highest BCUT2D eigenvalue weighted by Crippen LogP contribution is 2.38. The molecule has 6 nitrogen and oxygen atoms in total. The zero-order chi connectivity index (χ0) is 21.8. The summed E-state index contributed by atoms with van der Waals surface area (Å²) in [5, 5.41) is 5.90. The number of benzene rings is 1. The van der Waals surface area contributed by atoms with Gasteiger partial charge in [-0.25, -0.2) is 0 Å². The minimum Gasteiger partial charge on any atom is -0.460 e. The van der Waals surface area contributed by atoms with Crippen LogP contribution >= 0.6 is 23.2 Å². The van der Waals surface area contributed by atoms with Crippen LogP contribution in [-0.2, 0) is 25.4 Å². The highest BCUT2D eigenvalue weighted by Gasteiger charge is 2.52. The van der Waals surface area contributed by atoms with Gasteiger partial charge in [0.1, 0.15) is 10.8 Å². The van der Waals surface area contributed by atoms with Crippen molar-refractivity contribution in [1.82, 2.24) is 9.78 Å². The predicted octanol–water partition coefficient (Wildman–Crippen LogP) is 4.37. The maximum atomic E-state index is 12.0. The number of rotatable bonds is 4. The first-order chi connectivity index (χ1) is 13.2. The van der Waals surface area contributed by atoms with Crippen LogP contribution in [0.5, 0.6) is 0 Å². The summed E-state index contributed by atoms with van der Waals surface area (Å²) in [5.41, 5.74) is -0.137. The fraction of sp³-hybridized carbons (Fsp3) is 0.600. The normalized spacial score (nSPS) is 18.4. The Balaban J connectivity index is 1.86. The lowest BCUT2D eigenvalue weighted by atomic mass is 9.78. The van der Waals surface area contributed by atoms with E-state index in [2.05, 4.69) is 5.10 Å². The zero-order valence-electron chi connectivity index (χ0n) is 17.9. The quantitative estimate of drug-likeness (QED) is 0.521. The molecule has 1 saturated heterocycles. The fourth-order valence-electron chi connectivity index (χ4n) is 3.05. The molecule has 9 heteroatoms. The zero-order valence-corrected chi connectivity index (χ0v) is 19.4. The van der Waals surface area contributed by atoms with Gasteiger partial charge in [0.05, 0.1) is 40.1 Å². The number of ether oxygens (including phenoxy) is 1. The predicted molar refractivity (Wildman–Crippen MR) is 116 cm³/mol. The SMILES string of the molecule is CC(C)(C)OC(=O)CCn1nc2ccc(B3OC(C)(C)C(C)(C)O3)c(Cl)c2c1Cl. The molecule has 0 N–H and O–H groups in total. The lowest BCUT2D eigenvalue weighted by molar-refractivity contribution is -0.155. The third kappa shape index (κ3) is 4.43. The number of carbonyl (C=O) groups is 1. The first kappa shape index (κ1) is 22.4. The van der Waals surface area contributed by atoms with Crippen molar-refractivity contribution in [3.05, 3.63) is 22.3 Å². The van der Waals surface area contributed by atoms with Gasteiger partial charge in [-0.15, -0.1) is 0 Å². The molecule has 0 atom stereocenters. The highest BCUT2D eigenvalue weighted by molar-refractivity contribution is 6.67. The lowest BCUT2D eigenvalue weighted by Crippen LogP contribution is -2.41. The molecule has 0 saturated carbocycles. The van der Waals surface area contributed by atoms with Crippen LogP contribution in [0.1, 0.15) is 54.9 Å². The summed E-state index contributed by atoms with van der Waals surface area (Å²) in [5.74, 6) is -0.308. The Hall–Kier alpha value is -1.28. The monoisotopic (exact) mass is 440 g/mol. The van der Waals surface area contributed by atoms with Gasteiger partial charge in [0.2, 0.25) is 0 Å². The van der Waals surface area contributed by atoms with E-state index in [-0.39, 0.29) is 12.4 Å². The van der Waals surface area contributed by atoms with E-state index in [1.165, 1.54) is 0 Å². The molecular weight excluding hydrogens is 414 g/mol. The molecule has 1 aromatic heterocycles. The molecule has 1 aliphatic rings. The molecule has 0 amide bonds. The van der Waals surface area contributed by atoms with Gasteiger partial charge in [-0.2, -0.15) is 5.10 Å². The van der Waals surface area contributed by atoms with Crippen molar-refractivity contribution in [3.63, 3.8) is 0 Å². The van der Waals surface area contributed by atoms with E-state index < -0.39 is 23.9 Å². The Morgan fingerprint density at radius 3 is 2.31 bits per heavy atom. The minimum atomic E-state index is -0.599. The van der Waals surface area contributed by atoms with Crippen LogP contribution in [0.4, 0.5) is 0 Å². The smallest absolute Gasteiger partial charge is 0.460 e. The summed E-state index contributed by atoms with van der Waals surface area (Å²) in [7, 11) is -0.599. The molecule has 158 valence electrons. The highest BCUT2D eigenvalue weighted by atomic mass is 35.5. The van der Waals surface area contributed by atoms with Gasteiger partial charge in [-0.05, 0) is 54.5 Å². The number of carbonyl (C=O) groups excluding carboxylic acids is 1. The summed E-state index contributed by atoms with van der Waals surface area (Å²) in [6.07, 6.45) is 0.159. The van der Waals surface area contributed by atoms with Crippen LogP contribution in [0.15, 0.2) is 12.1 Å². The van der Waals surface area contributed by atoms with Gasteiger partial charge in [-0.3, -0.25) is 9.48 Å². The minimum absolute atomic E-state index is 0.159. The van der Waals surface area contributed by atoms with Gasteiger partial charge in [-0.1, -0.05) is 29.3 Å². The maximum Gasteiger partial charge on any atom is 0.496 e. The van der Waals surface area contributed by atoms with Crippen molar-refractivity contribution in [2.24, 2.45) is 0 Å². The molecule has 0 aliphatic carbocycles. The Kier molecular flexibility index (Phi) is 5.76. The first-order valence-electron chi connectivity index (χ1n) is 9.64. The van der Waals surface area contributed by atoms with E-state index in [1.807, 2.05) is 60.6 Å². The van der Waals surface area contributed by atoms with Crippen molar-refractivity contribution in [2.75, 3.05) is 0 Å². The third-order valence-corrected chi connectivity index (χ3v) is 6.06. The average Bonchev–Trinajstić information content (AvgIpc) is 2.97. The molecule has 2 heterocycles. The molecule has 1 fully saturated rings. The second-order valence-electron chi connectivity index (χ2n) is 9.30. The van der Waals surface area contributed by atoms with Crippen LogP contribution in [0, 0.1) is 0 Å². The lowest BCUT2D eigenvalue weighted by Gasteiger charge is -2.32. The molecule has 1 aromatic carbocycles. The number of hydrogen-bond donors (Lipinski definition) is 0. The molecule has 0 radical (unpaired) electrons. The number of fused-ring (bicyclic) bond motifs is 1. The van der Waals surface area contributed by atoms with Crippen LogP contribution in [-0.4, -0.2) is 39.7 Å². The van der Waals surface area contributed by atoms with E-state index in [4.69, 9.17) is 37.2 Å². The van der Waals surface area contributed by atoms with Gasteiger partial charge < -0.3 is 14.0 Å². The first-order valence-corrected chi connectivity index (χ1v) is 10.4. The molecule has 3 rings (SSSR count). The molecular formula is C20H27BCl2N2O4. The van der Waals surface area contributed by atoms with Crippen molar-refractivity contribution >= 4 is 52.7 Å². The summed E-state index contributed by atoms with van der Waals surface area (Å²) in [6, 6.07) is 3.67. The summed E-state index contributed by atoms with van der Waals surface area (Å²) >= 11 is 13.2. The van der Waals surface area contributed by atoms with Crippen LogP contribution in [0.3, 0.4) is 0 Å². The van der Waals surface area contributed by atoms with Crippen LogP contribution < -0.4 is 5.46 Å². The number of halogens is 2. The average molecular weight is 441 g/mol. The number of esters is 1. The van der Waals surface area contributed by atoms with Gasteiger partial charge in [0, 0.05) is 5.46 Å². The van der Waals surface area contributed by atoms with Gasteiger partial charge in [0.25, 0.3) is 0 Å². The van der Waals surface area contributed by atoms with Gasteiger partial charge in [0.15, 0.2) is 0 Å². The Morgan fingerprint density at radius 1 is 1.17 bits per heavy atom. The van der Waals surface area contributed by atoms with Crippen molar-refractivity contribution in [2.45, 2.75) is 78.2 Å². The summed E-state index contributed by atoms with van der Waals surface area (Å²) in [4.78, 5) is 12.0. The molecule has 1 aliphatic heterocycles. The van der Waals surface area contributed by atoms with Crippen LogP contribution in [0.2, 0.25) is 10.2 Å². The fourth-order valence-corrected chi connectivity index (χ4v) is 3.75. The largest absolute Gasteiger partial charge is 0.496 e. The van der Waals surface area contributed by atoms with E-state index in [1.54, 1.807) is 4.68 Å². The van der Waals surface area contributed by atoms with Crippen molar-refractivity contribution < 1.29 is 18.8 Å². The number of aromatic nitrogens is 2. The van der Waals surface area contributed by atoms with Gasteiger partial charge >= 0.3 is 13.1 Å². The number of hydrogen-bond acceptors (Lipinski definition) is 5. The number of nitrogens with zero attached hydrogens (tertiary/aromatic N) is 2. The third-order valence-electron chi connectivity index (χ3n) is 5.27. The molecule has 29 heavy (non-hydrogen) atoms. The standard InChI is InChI=1S/C20H27BCl2N2O4/c1-18(2,3)27-14(26)10-11-25-17(23)15-13(24-25)9-8-12(16(15)22)21-28-19(4,5)20(6,7)29-21/h8-9H,10-11H2,1-7H3. The Morgan fingerprint density at radius 2 is 1.76 bits per heavy atom. The second kappa shape index (κ2) is 7.45. The second-order valence-corrected chi connectivity index (χ2v) is 10.0. The van der Waals surface area contributed by atoms with E-state index in [0.29, 0.717) is 33.1 Å². The van der Waals surface area contributed by atoms with Crippen LogP contribution in [0.25, 0.3) is 10.9 Å². The van der Waals surface area contributed by atoms with Crippen molar-refractivity contribution in [3.8, 4) is 0 Å². The topological polar surface area (TPSA) is 62.6 Å².